The Balaban J connectivity index is 2.61. The van der Waals surface area contributed by atoms with E-state index >= 15 is 0 Å². The Hall–Kier alpha value is -1.11. The van der Waals surface area contributed by atoms with Gasteiger partial charge in [0.05, 0.1) is 12.7 Å². The molecule has 0 bridgehead atoms. The number of hydrogen-bond donors (Lipinski definition) is 2. The first-order valence-electron chi connectivity index (χ1n) is 6.32. The van der Waals surface area contributed by atoms with E-state index in [0.29, 0.717) is 17.9 Å². The lowest BCUT2D eigenvalue weighted by Gasteiger charge is -2.16. The summed E-state index contributed by atoms with van der Waals surface area (Å²) in [5.74, 6) is 0.259. The molecule has 0 saturated heterocycles. The zero-order valence-electron chi connectivity index (χ0n) is 11.9. The SMILES string of the molecule is COCC(C)NC(=O)COc1cc(Br)ccc1[C@H](C)O. The average molecular weight is 346 g/mol. The quantitative estimate of drug-likeness (QED) is 0.793. The lowest BCUT2D eigenvalue weighted by atomic mass is 10.1. The van der Waals surface area contributed by atoms with Gasteiger partial charge in [0, 0.05) is 23.2 Å². The summed E-state index contributed by atoms with van der Waals surface area (Å²) in [7, 11) is 1.58. The van der Waals surface area contributed by atoms with Crippen LogP contribution in [0.5, 0.6) is 5.75 Å². The van der Waals surface area contributed by atoms with Crippen LogP contribution in [0.1, 0.15) is 25.5 Å². The van der Waals surface area contributed by atoms with Gasteiger partial charge in [-0.15, -0.1) is 0 Å². The molecule has 1 aromatic carbocycles. The van der Waals surface area contributed by atoms with Crippen molar-refractivity contribution in [2.24, 2.45) is 0 Å². The van der Waals surface area contributed by atoms with Crippen molar-refractivity contribution in [3.05, 3.63) is 28.2 Å². The highest BCUT2D eigenvalue weighted by Gasteiger charge is 2.12. The highest BCUT2D eigenvalue weighted by Crippen LogP contribution is 2.28. The molecule has 0 spiro atoms. The maximum absolute atomic E-state index is 11.7. The molecule has 6 heteroatoms. The van der Waals surface area contributed by atoms with Crippen LogP contribution in [0.2, 0.25) is 0 Å². The number of hydrogen-bond acceptors (Lipinski definition) is 4. The fraction of sp³-hybridized carbons (Fsp3) is 0.500. The van der Waals surface area contributed by atoms with Gasteiger partial charge in [0.1, 0.15) is 5.75 Å². The molecular weight excluding hydrogens is 326 g/mol. The number of halogens is 1. The van der Waals surface area contributed by atoms with Crippen molar-refractivity contribution in [2.75, 3.05) is 20.3 Å². The second-order valence-corrected chi connectivity index (χ2v) is 5.49. The van der Waals surface area contributed by atoms with Gasteiger partial charge >= 0.3 is 0 Å². The number of amides is 1. The first-order valence-corrected chi connectivity index (χ1v) is 7.12. The zero-order valence-corrected chi connectivity index (χ0v) is 13.4. The normalized spacial score (nSPS) is 13.7. The summed E-state index contributed by atoms with van der Waals surface area (Å²) in [5, 5.41) is 12.4. The number of aliphatic hydroxyl groups is 1. The maximum Gasteiger partial charge on any atom is 0.258 e. The molecule has 1 unspecified atom stereocenters. The number of rotatable bonds is 7. The summed E-state index contributed by atoms with van der Waals surface area (Å²) in [5.41, 5.74) is 0.644. The van der Waals surface area contributed by atoms with Crippen molar-refractivity contribution in [3.8, 4) is 5.75 Å². The van der Waals surface area contributed by atoms with Crippen LogP contribution < -0.4 is 10.1 Å². The first-order chi connectivity index (χ1) is 9.43. The van der Waals surface area contributed by atoms with Gasteiger partial charge in [-0.2, -0.15) is 0 Å². The Bertz CT molecular complexity index is 451. The minimum Gasteiger partial charge on any atom is -0.483 e. The lowest BCUT2D eigenvalue weighted by molar-refractivity contribution is -0.124. The topological polar surface area (TPSA) is 67.8 Å². The van der Waals surface area contributed by atoms with Gasteiger partial charge in [0.2, 0.25) is 0 Å². The Kier molecular flexibility index (Phi) is 6.98. The minimum absolute atomic E-state index is 0.0742. The molecule has 0 aromatic heterocycles. The monoisotopic (exact) mass is 345 g/mol. The van der Waals surface area contributed by atoms with E-state index in [1.54, 1.807) is 26.2 Å². The Morgan fingerprint density at radius 2 is 2.15 bits per heavy atom. The smallest absolute Gasteiger partial charge is 0.258 e. The van der Waals surface area contributed by atoms with Crippen LogP contribution in [-0.4, -0.2) is 37.4 Å². The van der Waals surface area contributed by atoms with Crippen molar-refractivity contribution >= 4 is 21.8 Å². The molecule has 0 heterocycles. The fourth-order valence-electron chi connectivity index (χ4n) is 1.73. The highest BCUT2D eigenvalue weighted by molar-refractivity contribution is 9.10. The summed E-state index contributed by atoms with van der Waals surface area (Å²) < 4.78 is 11.2. The van der Waals surface area contributed by atoms with Crippen molar-refractivity contribution in [1.82, 2.24) is 5.32 Å². The van der Waals surface area contributed by atoms with Crippen LogP contribution in [0.3, 0.4) is 0 Å². The summed E-state index contributed by atoms with van der Waals surface area (Å²) in [6.45, 7) is 3.84. The maximum atomic E-state index is 11.7. The van der Waals surface area contributed by atoms with E-state index in [1.807, 2.05) is 13.0 Å². The van der Waals surface area contributed by atoms with E-state index < -0.39 is 6.10 Å². The molecule has 1 aromatic rings. The van der Waals surface area contributed by atoms with E-state index in [2.05, 4.69) is 21.2 Å². The Morgan fingerprint density at radius 3 is 2.75 bits per heavy atom. The third-order valence-electron chi connectivity index (χ3n) is 2.61. The molecule has 1 amide bonds. The van der Waals surface area contributed by atoms with Gasteiger partial charge in [-0.25, -0.2) is 0 Å². The number of ether oxygens (including phenoxy) is 2. The predicted octanol–water partition coefficient (Wildman–Crippen LogP) is 2.03. The number of aliphatic hydroxyl groups excluding tert-OH is 1. The van der Waals surface area contributed by atoms with E-state index in [-0.39, 0.29) is 18.6 Å². The first kappa shape index (κ1) is 16.9. The molecule has 2 N–H and O–H groups in total. The Labute approximate surface area is 127 Å². The zero-order chi connectivity index (χ0) is 15.1. The predicted molar refractivity (Wildman–Crippen MR) is 79.8 cm³/mol. The van der Waals surface area contributed by atoms with Crippen molar-refractivity contribution in [1.29, 1.82) is 0 Å². The van der Waals surface area contributed by atoms with Crippen LogP contribution >= 0.6 is 15.9 Å². The van der Waals surface area contributed by atoms with Crippen LogP contribution in [0.15, 0.2) is 22.7 Å². The number of carbonyl (C=O) groups is 1. The van der Waals surface area contributed by atoms with E-state index in [0.717, 1.165) is 4.47 Å². The molecule has 20 heavy (non-hydrogen) atoms. The lowest BCUT2D eigenvalue weighted by Crippen LogP contribution is -2.38. The molecule has 0 saturated carbocycles. The van der Waals surface area contributed by atoms with Crippen LogP contribution in [0.4, 0.5) is 0 Å². The molecule has 0 aliphatic carbocycles. The van der Waals surface area contributed by atoms with Crippen molar-refractivity contribution in [3.63, 3.8) is 0 Å². The molecule has 0 fully saturated rings. The van der Waals surface area contributed by atoms with Crippen LogP contribution in [0.25, 0.3) is 0 Å². The van der Waals surface area contributed by atoms with Gasteiger partial charge < -0.3 is 19.9 Å². The van der Waals surface area contributed by atoms with E-state index in [1.165, 1.54) is 0 Å². The van der Waals surface area contributed by atoms with Gasteiger partial charge in [0.15, 0.2) is 6.61 Å². The van der Waals surface area contributed by atoms with Crippen molar-refractivity contribution in [2.45, 2.75) is 26.0 Å². The van der Waals surface area contributed by atoms with E-state index in [4.69, 9.17) is 9.47 Å². The van der Waals surface area contributed by atoms with Gasteiger partial charge in [0.25, 0.3) is 5.91 Å². The van der Waals surface area contributed by atoms with Crippen LogP contribution in [-0.2, 0) is 9.53 Å². The third-order valence-corrected chi connectivity index (χ3v) is 3.10. The van der Waals surface area contributed by atoms with Crippen molar-refractivity contribution < 1.29 is 19.4 Å². The van der Waals surface area contributed by atoms with E-state index in [9.17, 15) is 9.90 Å². The molecule has 0 aliphatic rings. The third kappa shape index (κ3) is 5.48. The number of methoxy groups -OCH3 is 1. The molecule has 1 rings (SSSR count). The summed E-state index contributed by atoms with van der Waals surface area (Å²) in [6, 6.07) is 5.23. The minimum atomic E-state index is -0.659. The Morgan fingerprint density at radius 1 is 1.45 bits per heavy atom. The summed E-state index contributed by atoms with van der Waals surface area (Å²) in [6.07, 6.45) is -0.659. The number of nitrogens with one attached hydrogen (secondary N) is 1. The summed E-state index contributed by atoms with van der Waals surface area (Å²) >= 11 is 3.33. The fourth-order valence-corrected chi connectivity index (χ4v) is 2.07. The largest absolute Gasteiger partial charge is 0.483 e. The molecular formula is C14H20BrNO4. The van der Waals surface area contributed by atoms with Gasteiger partial charge in [-0.05, 0) is 26.0 Å². The molecule has 5 nitrogen and oxygen atoms in total. The molecule has 0 aliphatic heterocycles. The molecule has 0 radical (unpaired) electrons. The average Bonchev–Trinajstić information content (AvgIpc) is 2.36. The van der Waals surface area contributed by atoms with Gasteiger partial charge in [-0.1, -0.05) is 22.0 Å². The standard InChI is InChI=1S/C14H20BrNO4/c1-9(7-19-3)16-14(18)8-20-13-6-11(15)4-5-12(13)10(2)17/h4-6,9-10,17H,7-8H2,1-3H3,(H,16,18)/t9?,10-/m0/s1. The highest BCUT2D eigenvalue weighted by atomic mass is 79.9. The van der Waals surface area contributed by atoms with Gasteiger partial charge in [-0.3, -0.25) is 4.79 Å². The second-order valence-electron chi connectivity index (χ2n) is 4.57. The summed E-state index contributed by atoms with van der Waals surface area (Å²) in [4.78, 5) is 11.7. The molecule has 2 atom stereocenters. The number of benzene rings is 1. The molecule has 112 valence electrons. The number of carbonyl (C=O) groups excluding carboxylic acids is 1. The second kappa shape index (κ2) is 8.24. The van der Waals surface area contributed by atoms with Crippen LogP contribution in [0, 0.1) is 0 Å².